The third-order valence-electron chi connectivity index (χ3n) is 7.28. The third kappa shape index (κ3) is 5.20. The first-order chi connectivity index (χ1) is 12.8. The minimum absolute atomic E-state index is 0.155. The van der Waals surface area contributed by atoms with Gasteiger partial charge in [-0.1, -0.05) is 40.5 Å². The smallest absolute Gasteiger partial charge is 0.149 e. The van der Waals surface area contributed by atoms with Gasteiger partial charge in [0.1, 0.15) is 11.6 Å². The Bertz CT molecular complexity index is 530. The first-order valence-electron chi connectivity index (χ1n) is 11.4. The number of fused-ring (bicyclic) bond motifs is 2. The standard InChI is InChI=1S/C23H40N2O2/c1-16(2)22(26)15-25-14-20-12-21(25)13-24(20)10-6-8-18-7-5-9-19(11-18)23(27)17(3)4/h16-21H,5-15H2,1-4H3/t18?,19?,20-,21-/m0/s1. The molecular formula is C23H40N2O2. The van der Waals surface area contributed by atoms with Crippen LogP contribution in [-0.4, -0.2) is 59.6 Å². The minimum atomic E-state index is 0.155. The SMILES string of the molecule is CC(C)C(=O)CN1C[C@@H]2C[C@H]1CN2CCCC1CCCC(C(=O)C(C)C)C1. The quantitative estimate of drug-likeness (QED) is 0.614. The van der Waals surface area contributed by atoms with Crippen molar-refractivity contribution in [2.24, 2.45) is 23.7 Å². The van der Waals surface area contributed by atoms with E-state index in [4.69, 9.17) is 0 Å². The van der Waals surface area contributed by atoms with Gasteiger partial charge in [-0.25, -0.2) is 0 Å². The molecule has 0 spiro atoms. The highest BCUT2D eigenvalue weighted by molar-refractivity contribution is 5.83. The van der Waals surface area contributed by atoms with Crippen LogP contribution in [0.3, 0.4) is 0 Å². The van der Waals surface area contributed by atoms with Crippen LogP contribution >= 0.6 is 0 Å². The Morgan fingerprint density at radius 3 is 2.26 bits per heavy atom. The molecule has 3 aliphatic rings. The highest BCUT2D eigenvalue weighted by Crippen LogP contribution is 2.35. The molecule has 0 radical (unpaired) electrons. The Kier molecular flexibility index (Phi) is 7.13. The second-order valence-corrected chi connectivity index (χ2v) is 10.0. The topological polar surface area (TPSA) is 40.6 Å². The summed E-state index contributed by atoms with van der Waals surface area (Å²) in [6.07, 6.45) is 8.61. The van der Waals surface area contributed by atoms with Crippen LogP contribution in [-0.2, 0) is 9.59 Å². The molecular weight excluding hydrogens is 336 g/mol. The third-order valence-corrected chi connectivity index (χ3v) is 7.28. The van der Waals surface area contributed by atoms with Crippen LogP contribution < -0.4 is 0 Å². The van der Waals surface area contributed by atoms with Crippen molar-refractivity contribution in [3.63, 3.8) is 0 Å². The average Bonchev–Trinajstić information content (AvgIpc) is 3.21. The fourth-order valence-corrected chi connectivity index (χ4v) is 5.55. The van der Waals surface area contributed by atoms with E-state index >= 15 is 0 Å². The maximum absolute atomic E-state index is 12.3. The van der Waals surface area contributed by atoms with E-state index < -0.39 is 0 Å². The van der Waals surface area contributed by atoms with Gasteiger partial charge in [0.15, 0.2) is 0 Å². The van der Waals surface area contributed by atoms with Gasteiger partial charge in [0.2, 0.25) is 0 Å². The van der Waals surface area contributed by atoms with E-state index in [0.29, 0.717) is 36.1 Å². The molecule has 1 saturated carbocycles. The summed E-state index contributed by atoms with van der Waals surface area (Å²) in [6.45, 7) is 12.2. The highest BCUT2D eigenvalue weighted by atomic mass is 16.1. The summed E-state index contributed by atoms with van der Waals surface area (Å²) in [5, 5.41) is 0. The Hall–Kier alpha value is -0.740. The van der Waals surface area contributed by atoms with E-state index in [9.17, 15) is 9.59 Å². The van der Waals surface area contributed by atoms with Crippen molar-refractivity contribution in [1.29, 1.82) is 0 Å². The maximum Gasteiger partial charge on any atom is 0.149 e. The molecule has 4 nitrogen and oxygen atoms in total. The van der Waals surface area contributed by atoms with Gasteiger partial charge in [-0.15, -0.1) is 0 Å². The van der Waals surface area contributed by atoms with Gasteiger partial charge in [-0.2, -0.15) is 0 Å². The molecule has 4 heteroatoms. The van der Waals surface area contributed by atoms with Gasteiger partial charge in [0, 0.05) is 42.9 Å². The van der Waals surface area contributed by atoms with Crippen LogP contribution in [0.5, 0.6) is 0 Å². The van der Waals surface area contributed by atoms with Gasteiger partial charge in [0.05, 0.1) is 6.54 Å². The Morgan fingerprint density at radius 2 is 1.63 bits per heavy atom. The summed E-state index contributed by atoms with van der Waals surface area (Å²) in [5.74, 6) is 2.32. The molecule has 3 rings (SSSR count). The number of likely N-dealkylation sites (tertiary alicyclic amines) is 2. The first-order valence-corrected chi connectivity index (χ1v) is 11.4. The van der Waals surface area contributed by atoms with E-state index in [1.807, 2.05) is 27.7 Å². The molecule has 3 fully saturated rings. The number of piperazine rings is 1. The number of carbonyl (C=O) groups is 2. The van der Waals surface area contributed by atoms with Crippen molar-refractivity contribution in [3.8, 4) is 0 Å². The lowest BCUT2D eigenvalue weighted by Gasteiger charge is -2.34. The fraction of sp³-hybridized carbons (Fsp3) is 0.913. The van der Waals surface area contributed by atoms with Crippen molar-refractivity contribution in [2.75, 3.05) is 26.2 Å². The van der Waals surface area contributed by atoms with E-state index in [0.717, 1.165) is 31.8 Å². The number of nitrogens with zero attached hydrogens (tertiary/aromatic N) is 2. The van der Waals surface area contributed by atoms with Crippen LogP contribution in [0.1, 0.15) is 72.6 Å². The molecule has 4 atom stereocenters. The lowest BCUT2D eigenvalue weighted by molar-refractivity contribution is -0.127. The molecule has 0 aromatic heterocycles. The summed E-state index contributed by atoms with van der Waals surface area (Å²) in [5.41, 5.74) is 0. The van der Waals surface area contributed by atoms with E-state index in [1.54, 1.807) is 0 Å². The molecule has 2 bridgehead atoms. The zero-order chi connectivity index (χ0) is 19.6. The zero-order valence-corrected chi connectivity index (χ0v) is 18.0. The normalized spacial score (nSPS) is 31.9. The van der Waals surface area contributed by atoms with Crippen LogP contribution in [0, 0.1) is 23.7 Å². The first kappa shape index (κ1) is 21.0. The molecule has 0 amide bonds. The Balaban J connectivity index is 1.36. The van der Waals surface area contributed by atoms with Gasteiger partial charge in [-0.05, 0) is 44.6 Å². The minimum Gasteiger partial charge on any atom is -0.299 e. The second-order valence-electron chi connectivity index (χ2n) is 10.0. The lowest BCUT2D eigenvalue weighted by Crippen LogP contribution is -2.48. The fourth-order valence-electron chi connectivity index (χ4n) is 5.55. The van der Waals surface area contributed by atoms with Gasteiger partial charge in [-0.3, -0.25) is 19.4 Å². The molecule has 2 saturated heterocycles. The Morgan fingerprint density at radius 1 is 0.926 bits per heavy atom. The number of hydrogen-bond donors (Lipinski definition) is 0. The number of carbonyl (C=O) groups excluding carboxylic acids is 2. The van der Waals surface area contributed by atoms with E-state index in [-0.39, 0.29) is 11.8 Å². The van der Waals surface area contributed by atoms with Crippen molar-refractivity contribution in [1.82, 2.24) is 9.80 Å². The van der Waals surface area contributed by atoms with Crippen molar-refractivity contribution in [2.45, 2.75) is 84.7 Å². The van der Waals surface area contributed by atoms with Crippen molar-refractivity contribution >= 4 is 11.6 Å². The van der Waals surface area contributed by atoms with Gasteiger partial charge in [0.25, 0.3) is 0 Å². The summed E-state index contributed by atoms with van der Waals surface area (Å²) < 4.78 is 0. The lowest BCUT2D eigenvalue weighted by atomic mass is 9.75. The summed E-state index contributed by atoms with van der Waals surface area (Å²) in [4.78, 5) is 29.5. The molecule has 27 heavy (non-hydrogen) atoms. The average molecular weight is 377 g/mol. The summed E-state index contributed by atoms with van der Waals surface area (Å²) in [7, 11) is 0. The molecule has 0 aromatic rings. The molecule has 0 N–H and O–H groups in total. The van der Waals surface area contributed by atoms with Crippen molar-refractivity contribution < 1.29 is 9.59 Å². The molecule has 1 aliphatic carbocycles. The van der Waals surface area contributed by atoms with E-state index in [1.165, 1.54) is 38.6 Å². The summed E-state index contributed by atoms with van der Waals surface area (Å²) >= 11 is 0. The number of hydrogen-bond acceptors (Lipinski definition) is 4. The largest absolute Gasteiger partial charge is 0.299 e. The molecule has 2 unspecified atom stereocenters. The van der Waals surface area contributed by atoms with Crippen LogP contribution in [0.4, 0.5) is 0 Å². The molecule has 2 heterocycles. The molecule has 154 valence electrons. The number of Topliss-reactive ketones (excluding diaryl/α,β-unsaturated/α-hetero) is 2. The Labute approximate surface area is 166 Å². The van der Waals surface area contributed by atoms with Crippen LogP contribution in [0.25, 0.3) is 0 Å². The zero-order valence-electron chi connectivity index (χ0n) is 18.0. The summed E-state index contributed by atoms with van der Waals surface area (Å²) in [6, 6.07) is 1.26. The number of ketones is 2. The van der Waals surface area contributed by atoms with Crippen molar-refractivity contribution in [3.05, 3.63) is 0 Å². The maximum atomic E-state index is 12.3. The second kappa shape index (κ2) is 9.17. The van der Waals surface area contributed by atoms with Crippen LogP contribution in [0.2, 0.25) is 0 Å². The monoisotopic (exact) mass is 376 g/mol. The van der Waals surface area contributed by atoms with Gasteiger partial charge < -0.3 is 0 Å². The van der Waals surface area contributed by atoms with Crippen LogP contribution in [0.15, 0.2) is 0 Å². The number of rotatable bonds is 9. The molecule has 0 aromatic carbocycles. The predicted octanol–water partition coefficient (Wildman–Crippen LogP) is 3.78. The molecule has 2 aliphatic heterocycles. The van der Waals surface area contributed by atoms with Gasteiger partial charge >= 0.3 is 0 Å². The predicted molar refractivity (Wildman–Crippen MR) is 110 cm³/mol. The highest BCUT2D eigenvalue weighted by Gasteiger charge is 2.43. The van der Waals surface area contributed by atoms with E-state index in [2.05, 4.69) is 9.80 Å².